The molecular formula is C23H24FNO6. The van der Waals surface area contributed by atoms with Crippen LogP contribution in [-0.4, -0.2) is 56.2 Å². The van der Waals surface area contributed by atoms with Gasteiger partial charge in [-0.25, -0.2) is 4.39 Å². The van der Waals surface area contributed by atoms with E-state index in [4.69, 9.17) is 14.2 Å². The molecule has 1 fully saturated rings. The summed E-state index contributed by atoms with van der Waals surface area (Å²) in [6.45, 7) is 0.650. The minimum Gasteiger partial charge on any atom is -0.507 e. The highest BCUT2D eigenvalue weighted by Crippen LogP contribution is 2.42. The summed E-state index contributed by atoms with van der Waals surface area (Å²) in [5.74, 6) is -1.47. The maximum atomic E-state index is 13.3. The third kappa shape index (κ3) is 4.39. The van der Waals surface area contributed by atoms with Crippen molar-refractivity contribution in [3.05, 3.63) is 65.0 Å². The number of ether oxygens (including phenoxy) is 3. The smallest absolute Gasteiger partial charge is 0.295 e. The summed E-state index contributed by atoms with van der Waals surface area (Å²) in [4.78, 5) is 27.2. The highest BCUT2D eigenvalue weighted by molar-refractivity contribution is 6.46. The topological polar surface area (TPSA) is 85.3 Å². The quantitative estimate of drug-likeness (QED) is 0.300. The number of benzene rings is 2. The fraction of sp³-hybridized carbons (Fsp3) is 0.304. The van der Waals surface area contributed by atoms with E-state index in [2.05, 4.69) is 0 Å². The Kier molecular flexibility index (Phi) is 6.91. The lowest BCUT2D eigenvalue weighted by atomic mass is 9.95. The van der Waals surface area contributed by atoms with Gasteiger partial charge in [-0.05, 0) is 48.4 Å². The van der Waals surface area contributed by atoms with Crippen LogP contribution in [0.3, 0.4) is 0 Å². The van der Waals surface area contributed by atoms with Crippen LogP contribution in [0, 0.1) is 5.82 Å². The summed E-state index contributed by atoms with van der Waals surface area (Å²) >= 11 is 0. The van der Waals surface area contributed by atoms with Crippen LogP contribution in [0.1, 0.15) is 23.6 Å². The fourth-order valence-electron chi connectivity index (χ4n) is 3.62. The van der Waals surface area contributed by atoms with Crippen LogP contribution < -0.4 is 9.47 Å². The van der Waals surface area contributed by atoms with Gasteiger partial charge in [-0.1, -0.05) is 6.07 Å². The molecule has 1 aliphatic heterocycles. The molecule has 1 aliphatic rings. The molecule has 0 aromatic heterocycles. The first kappa shape index (κ1) is 22.3. The Morgan fingerprint density at radius 3 is 2.32 bits per heavy atom. The standard InChI is InChI=1S/C23H24FNO6/c1-29-12-4-11-25-20(15-7-10-17(30-2)18(13-15)31-3)19(22(27)23(25)28)21(26)14-5-8-16(24)9-6-14/h5-10,13,20,26H,4,11-12H2,1-3H3. The molecule has 1 atom stereocenters. The van der Waals surface area contributed by atoms with Gasteiger partial charge in [0.05, 0.1) is 25.8 Å². The van der Waals surface area contributed by atoms with E-state index in [0.29, 0.717) is 30.1 Å². The zero-order chi connectivity index (χ0) is 22.5. The van der Waals surface area contributed by atoms with Crippen molar-refractivity contribution in [1.29, 1.82) is 0 Å². The van der Waals surface area contributed by atoms with Crippen molar-refractivity contribution in [3.63, 3.8) is 0 Å². The average Bonchev–Trinajstić information content (AvgIpc) is 3.03. The molecule has 8 heteroatoms. The third-order valence-corrected chi connectivity index (χ3v) is 5.13. The number of methoxy groups -OCH3 is 3. The summed E-state index contributed by atoms with van der Waals surface area (Å²) < 4.78 is 29.0. The lowest BCUT2D eigenvalue weighted by Gasteiger charge is -2.26. The lowest BCUT2D eigenvalue weighted by Crippen LogP contribution is -2.31. The highest BCUT2D eigenvalue weighted by atomic mass is 19.1. The van der Waals surface area contributed by atoms with E-state index in [1.165, 1.54) is 43.4 Å². The van der Waals surface area contributed by atoms with E-state index in [1.807, 2.05) is 0 Å². The van der Waals surface area contributed by atoms with Crippen molar-refractivity contribution in [1.82, 2.24) is 4.90 Å². The summed E-state index contributed by atoms with van der Waals surface area (Å²) in [7, 11) is 4.53. The predicted octanol–water partition coefficient (Wildman–Crippen LogP) is 3.30. The second-order valence-electron chi connectivity index (χ2n) is 6.96. The number of nitrogens with zero attached hydrogens (tertiary/aromatic N) is 1. The Balaban J connectivity index is 2.15. The second kappa shape index (κ2) is 9.61. The number of hydrogen-bond acceptors (Lipinski definition) is 6. The first-order valence-corrected chi connectivity index (χ1v) is 9.68. The maximum absolute atomic E-state index is 13.3. The van der Waals surface area contributed by atoms with Gasteiger partial charge >= 0.3 is 0 Å². The minimum absolute atomic E-state index is 0.0683. The van der Waals surface area contributed by atoms with Gasteiger partial charge in [0.1, 0.15) is 11.6 Å². The third-order valence-electron chi connectivity index (χ3n) is 5.13. The van der Waals surface area contributed by atoms with Crippen LogP contribution in [-0.2, 0) is 14.3 Å². The highest BCUT2D eigenvalue weighted by Gasteiger charge is 2.46. The van der Waals surface area contributed by atoms with E-state index in [0.717, 1.165) is 0 Å². The van der Waals surface area contributed by atoms with Gasteiger partial charge in [0.25, 0.3) is 11.7 Å². The molecule has 3 rings (SSSR count). The zero-order valence-corrected chi connectivity index (χ0v) is 17.6. The maximum Gasteiger partial charge on any atom is 0.295 e. The molecule has 0 radical (unpaired) electrons. The van der Waals surface area contributed by atoms with Gasteiger partial charge < -0.3 is 24.2 Å². The monoisotopic (exact) mass is 429 g/mol. The number of aliphatic hydroxyl groups excluding tert-OH is 1. The Morgan fingerprint density at radius 1 is 1.03 bits per heavy atom. The molecule has 1 N–H and O–H groups in total. The van der Waals surface area contributed by atoms with Crippen molar-refractivity contribution < 1.29 is 33.3 Å². The van der Waals surface area contributed by atoms with Gasteiger partial charge in [-0.2, -0.15) is 0 Å². The molecule has 0 saturated carbocycles. The molecule has 1 saturated heterocycles. The summed E-state index contributed by atoms with van der Waals surface area (Å²) in [5, 5.41) is 10.9. The van der Waals surface area contributed by atoms with Crippen molar-refractivity contribution in [3.8, 4) is 11.5 Å². The number of likely N-dealkylation sites (tertiary alicyclic amines) is 1. The van der Waals surface area contributed by atoms with Gasteiger partial charge in [0.15, 0.2) is 11.5 Å². The van der Waals surface area contributed by atoms with Gasteiger partial charge in [0, 0.05) is 25.8 Å². The van der Waals surface area contributed by atoms with Gasteiger partial charge in [-0.15, -0.1) is 0 Å². The van der Waals surface area contributed by atoms with Crippen LogP contribution in [0.15, 0.2) is 48.0 Å². The first-order valence-electron chi connectivity index (χ1n) is 9.68. The Labute approximate surface area is 179 Å². The van der Waals surface area contributed by atoms with E-state index in [-0.39, 0.29) is 23.4 Å². The SMILES string of the molecule is COCCCN1C(=O)C(=O)C(=C(O)c2ccc(F)cc2)C1c1ccc(OC)c(OC)c1. The molecule has 2 aromatic carbocycles. The van der Waals surface area contributed by atoms with Gasteiger partial charge in [0.2, 0.25) is 0 Å². The Bertz CT molecular complexity index is 1000. The summed E-state index contributed by atoms with van der Waals surface area (Å²) in [5.41, 5.74) is 0.737. The molecule has 1 amide bonds. The number of aliphatic hydroxyl groups is 1. The number of amides is 1. The average molecular weight is 429 g/mol. The molecule has 164 valence electrons. The van der Waals surface area contributed by atoms with Crippen molar-refractivity contribution in [2.24, 2.45) is 0 Å². The van der Waals surface area contributed by atoms with Crippen LogP contribution >= 0.6 is 0 Å². The first-order chi connectivity index (χ1) is 14.9. The molecular weight excluding hydrogens is 405 g/mol. The Hall–Kier alpha value is -3.39. The van der Waals surface area contributed by atoms with E-state index in [9.17, 15) is 19.1 Å². The lowest BCUT2D eigenvalue weighted by molar-refractivity contribution is -0.140. The normalized spacial score (nSPS) is 17.8. The predicted molar refractivity (Wildman–Crippen MR) is 111 cm³/mol. The van der Waals surface area contributed by atoms with Crippen LogP contribution in [0.2, 0.25) is 0 Å². The van der Waals surface area contributed by atoms with E-state index in [1.54, 1.807) is 25.3 Å². The summed E-state index contributed by atoms with van der Waals surface area (Å²) in [6, 6.07) is 9.26. The molecule has 2 aromatic rings. The zero-order valence-electron chi connectivity index (χ0n) is 17.6. The number of rotatable bonds is 8. The van der Waals surface area contributed by atoms with E-state index < -0.39 is 23.5 Å². The number of carbonyl (C=O) groups is 2. The van der Waals surface area contributed by atoms with Crippen molar-refractivity contribution in [2.45, 2.75) is 12.5 Å². The Morgan fingerprint density at radius 2 is 1.71 bits per heavy atom. The molecule has 0 spiro atoms. The van der Waals surface area contributed by atoms with Crippen molar-refractivity contribution >= 4 is 17.4 Å². The molecule has 0 bridgehead atoms. The number of halogens is 1. The van der Waals surface area contributed by atoms with Crippen molar-refractivity contribution in [2.75, 3.05) is 34.5 Å². The van der Waals surface area contributed by atoms with E-state index >= 15 is 0 Å². The molecule has 1 unspecified atom stereocenters. The minimum atomic E-state index is -0.846. The number of Topliss-reactive ketones (excluding diaryl/α,β-unsaturated/α-hetero) is 1. The second-order valence-corrected chi connectivity index (χ2v) is 6.96. The number of hydrogen-bond donors (Lipinski definition) is 1. The van der Waals surface area contributed by atoms with Crippen LogP contribution in [0.25, 0.3) is 5.76 Å². The van der Waals surface area contributed by atoms with Gasteiger partial charge in [-0.3, -0.25) is 9.59 Å². The van der Waals surface area contributed by atoms with Crippen LogP contribution in [0.4, 0.5) is 4.39 Å². The summed E-state index contributed by atoms with van der Waals surface area (Å²) in [6.07, 6.45) is 0.504. The molecule has 0 aliphatic carbocycles. The molecule has 7 nitrogen and oxygen atoms in total. The van der Waals surface area contributed by atoms with Crippen LogP contribution in [0.5, 0.6) is 11.5 Å². The number of carbonyl (C=O) groups excluding carboxylic acids is 2. The molecule has 1 heterocycles. The largest absolute Gasteiger partial charge is 0.507 e. The number of ketones is 1. The fourth-order valence-corrected chi connectivity index (χ4v) is 3.62. The molecule has 31 heavy (non-hydrogen) atoms.